The van der Waals surface area contributed by atoms with Crippen molar-refractivity contribution in [2.24, 2.45) is 0 Å². The molecule has 2 amide bonds. The van der Waals surface area contributed by atoms with E-state index >= 15 is 0 Å². The van der Waals surface area contributed by atoms with Gasteiger partial charge in [-0.1, -0.05) is 6.07 Å². The van der Waals surface area contributed by atoms with Crippen LogP contribution >= 0.6 is 15.9 Å². The van der Waals surface area contributed by atoms with Crippen molar-refractivity contribution in [1.82, 2.24) is 0 Å². The first-order valence-corrected chi connectivity index (χ1v) is 8.35. The van der Waals surface area contributed by atoms with E-state index in [0.717, 1.165) is 5.56 Å². The van der Waals surface area contributed by atoms with Crippen molar-refractivity contribution >= 4 is 45.1 Å². The number of carbonyl (C=O) groups excluding carboxylic acids is 3. The van der Waals surface area contributed by atoms with Crippen LogP contribution < -0.4 is 10.6 Å². The molecule has 0 saturated carbocycles. The summed E-state index contributed by atoms with van der Waals surface area (Å²) in [7, 11) is 0. The minimum Gasteiger partial charge on any atom is -0.462 e. The van der Waals surface area contributed by atoms with E-state index in [0.29, 0.717) is 21.4 Å². The third kappa shape index (κ3) is 5.15. The minimum absolute atomic E-state index is 0.284. The molecule has 0 saturated heterocycles. The molecule has 0 unspecified atom stereocenters. The quantitative estimate of drug-likeness (QED) is 0.602. The zero-order valence-electron chi connectivity index (χ0n) is 13.8. The maximum Gasteiger partial charge on any atom is 0.338 e. The average Bonchev–Trinajstić information content (AvgIpc) is 2.58. The van der Waals surface area contributed by atoms with E-state index in [-0.39, 0.29) is 6.61 Å². The maximum atomic E-state index is 12.0. The highest BCUT2D eigenvalue weighted by atomic mass is 79.9. The predicted molar refractivity (Wildman–Crippen MR) is 98.5 cm³/mol. The zero-order valence-corrected chi connectivity index (χ0v) is 15.3. The Hall–Kier alpha value is -2.67. The van der Waals surface area contributed by atoms with Crippen LogP contribution in [0.5, 0.6) is 0 Å². The van der Waals surface area contributed by atoms with Crippen LogP contribution in [0.25, 0.3) is 0 Å². The summed E-state index contributed by atoms with van der Waals surface area (Å²) < 4.78 is 5.57. The van der Waals surface area contributed by atoms with Gasteiger partial charge < -0.3 is 15.4 Å². The lowest BCUT2D eigenvalue weighted by molar-refractivity contribution is -0.133. The Morgan fingerprint density at radius 2 is 1.64 bits per heavy atom. The number of rotatable bonds is 4. The lowest BCUT2D eigenvalue weighted by Crippen LogP contribution is -2.29. The number of carbonyl (C=O) groups is 3. The minimum atomic E-state index is -0.809. The number of esters is 1. The van der Waals surface area contributed by atoms with Crippen molar-refractivity contribution in [3.8, 4) is 0 Å². The molecule has 0 fully saturated rings. The van der Waals surface area contributed by atoms with Crippen molar-refractivity contribution in [2.45, 2.75) is 13.8 Å². The second-order valence-electron chi connectivity index (χ2n) is 5.19. The van der Waals surface area contributed by atoms with Gasteiger partial charge in [0.05, 0.1) is 17.9 Å². The van der Waals surface area contributed by atoms with Crippen molar-refractivity contribution in [2.75, 3.05) is 17.2 Å². The molecule has 2 aromatic carbocycles. The normalized spacial score (nSPS) is 10.0. The summed E-state index contributed by atoms with van der Waals surface area (Å²) in [6.45, 7) is 3.92. The van der Waals surface area contributed by atoms with E-state index in [1.54, 1.807) is 13.0 Å². The van der Waals surface area contributed by atoms with Gasteiger partial charge >= 0.3 is 17.8 Å². The van der Waals surface area contributed by atoms with Crippen LogP contribution in [-0.4, -0.2) is 24.4 Å². The summed E-state index contributed by atoms with van der Waals surface area (Å²) >= 11 is 3.34. The lowest BCUT2D eigenvalue weighted by atomic mass is 10.2. The monoisotopic (exact) mass is 404 g/mol. The van der Waals surface area contributed by atoms with E-state index in [1.165, 1.54) is 24.3 Å². The van der Waals surface area contributed by atoms with Crippen LogP contribution in [-0.2, 0) is 14.3 Å². The predicted octanol–water partition coefficient (Wildman–Crippen LogP) is 3.51. The number of anilines is 2. The van der Waals surface area contributed by atoms with Crippen molar-refractivity contribution in [3.63, 3.8) is 0 Å². The topological polar surface area (TPSA) is 84.5 Å². The van der Waals surface area contributed by atoms with Gasteiger partial charge in [0.2, 0.25) is 0 Å². The molecule has 0 atom stereocenters. The molecule has 2 aromatic rings. The van der Waals surface area contributed by atoms with Crippen LogP contribution in [0.2, 0.25) is 0 Å². The van der Waals surface area contributed by atoms with Crippen LogP contribution in [0.1, 0.15) is 22.8 Å². The van der Waals surface area contributed by atoms with Crippen LogP contribution in [0.15, 0.2) is 46.9 Å². The molecule has 2 N–H and O–H groups in total. The molecule has 2 rings (SSSR count). The largest absolute Gasteiger partial charge is 0.462 e. The van der Waals surface area contributed by atoms with Crippen LogP contribution in [0.4, 0.5) is 11.4 Å². The average molecular weight is 405 g/mol. The van der Waals surface area contributed by atoms with E-state index in [4.69, 9.17) is 4.74 Å². The molecule has 0 bridgehead atoms. The zero-order chi connectivity index (χ0) is 18.4. The number of aryl methyl sites for hydroxylation is 1. The molecule has 0 radical (unpaired) electrons. The summed E-state index contributed by atoms with van der Waals surface area (Å²) in [6.07, 6.45) is 0. The van der Waals surface area contributed by atoms with Crippen molar-refractivity contribution in [3.05, 3.63) is 58.1 Å². The van der Waals surface area contributed by atoms with Gasteiger partial charge in [-0.2, -0.15) is 0 Å². The molecule has 0 aromatic heterocycles. The number of benzene rings is 2. The molecule has 6 nitrogen and oxygen atoms in total. The smallest absolute Gasteiger partial charge is 0.338 e. The van der Waals surface area contributed by atoms with E-state index in [9.17, 15) is 14.4 Å². The van der Waals surface area contributed by atoms with Crippen LogP contribution in [0, 0.1) is 6.92 Å². The standard InChI is InChI=1S/C18H17BrN2O4/c1-3-25-18(24)12-5-7-13(8-6-12)20-16(22)17(23)21-15-9-4-11(2)10-14(15)19/h4-10H,3H2,1-2H3,(H,20,22)(H,21,23). The Morgan fingerprint density at radius 3 is 2.24 bits per heavy atom. The molecule has 7 heteroatoms. The third-order valence-electron chi connectivity index (χ3n) is 3.23. The maximum absolute atomic E-state index is 12.0. The Labute approximate surface area is 153 Å². The first kappa shape index (κ1) is 18.7. The molecule has 0 aliphatic carbocycles. The fraction of sp³-hybridized carbons (Fsp3) is 0.167. The highest BCUT2D eigenvalue weighted by molar-refractivity contribution is 9.10. The second-order valence-corrected chi connectivity index (χ2v) is 6.04. The van der Waals surface area contributed by atoms with Gasteiger partial charge in [0.25, 0.3) is 0 Å². The first-order valence-electron chi connectivity index (χ1n) is 7.56. The highest BCUT2D eigenvalue weighted by Gasteiger charge is 2.15. The Bertz CT molecular complexity index is 803. The summed E-state index contributed by atoms with van der Waals surface area (Å²) in [4.78, 5) is 35.5. The van der Waals surface area contributed by atoms with Crippen molar-refractivity contribution < 1.29 is 19.1 Å². The molecular formula is C18H17BrN2O4. The van der Waals surface area contributed by atoms with Gasteiger partial charge in [-0.05, 0) is 71.7 Å². The van der Waals surface area contributed by atoms with Crippen LogP contribution in [0.3, 0.4) is 0 Å². The van der Waals surface area contributed by atoms with E-state index in [1.807, 2.05) is 19.1 Å². The summed E-state index contributed by atoms with van der Waals surface area (Å²) in [5.41, 5.74) is 2.29. The third-order valence-corrected chi connectivity index (χ3v) is 3.89. The Balaban J connectivity index is 1.99. The number of ether oxygens (including phenoxy) is 1. The van der Waals surface area contributed by atoms with E-state index < -0.39 is 17.8 Å². The van der Waals surface area contributed by atoms with Gasteiger partial charge in [-0.15, -0.1) is 0 Å². The van der Waals surface area contributed by atoms with Gasteiger partial charge in [0.15, 0.2) is 0 Å². The Morgan fingerprint density at radius 1 is 1.00 bits per heavy atom. The number of hydrogen-bond donors (Lipinski definition) is 2. The fourth-order valence-corrected chi connectivity index (χ4v) is 2.58. The lowest BCUT2D eigenvalue weighted by Gasteiger charge is -2.09. The summed E-state index contributed by atoms with van der Waals surface area (Å²) in [5, 5.41) is 5.00. The molecule has 25 heavy (non-hydrogen) atoms. The molecule has 0 aliphatic rings. The molecular weight excluding hydrogens is 388 g/mol. The summed E-state index contributed by atoms with van der Waals surface area (Å²) in [5.74, 6) is -2.04. The summed E-state index contributed by atoms with van der Waals surface area (Å²) in [6, 6.07) is 11.5. The van der Waals surface area contributed by atoms with E-state index in [2.05, 4.69) is 26.6 Å². The van der Waals surface area contributed by atoms with Gasteiger partial charge in [0, 0.05) is 10.2 Å². The number of hydrogen-bond acceptors (Lipinski definition) is 4. The number of halogens is 1. The SMILES string of the molecule is CCOC(=O)c1ccc(NC(=O)C(=O)Nc2ccc(C)cc2Br)cc1. The molecule has 0 aliphatic heterocycles. The van der Waals surface area contributed by atoms with Gasteiger partial charge in [-0.3, -0.25) is 9.59 Å². The first-order chi connectivity index (χ1) is 11.9. The molecule has 0 spiro atoms. The highest BCUT2D eigenvalue weighted by Crippen LogP contribution is 2.23. The second kappa shape index (κ2) is 8.43. The fourth-order valence-electron chi connectivity index (χ4n) is 1.99. The Kier molecular flexibility index (Phi) is 6.30. The molecule has 130 valence electrons. The molecule has 0 heterocycles. The van der Waals surface area contributed by atoms with Gasteiger partial charge in [-0.25, -0.2) is 4.79 Å². The number of nitrogens with one attached hydrogen (secondary N) is 2. The van der Waals surface area contributed by atoms with Crippen molar-refractivity contribution in [1.29, 1.82) is 0 Å². The number of amides is 2. The van der Waals surface area contributed by atoms with Gasteiger partial charge in [0.1, 0.15) is 0 Å².